The predicted octanol–water partition coefficient (Wildman–Crippen LogP) is 2.03. The quantitative estimate of drug-likeness (QED) is 0.499. The Morgan fingerprint density at radius 3 is 2.39 bits per heavy atom. The van der Waals surface area contributed by atoms with Gasteiger partial charge in [-0.05, 0) is 19.4 Å². The van der Waals surface area contributed by atoms with Crippen LogP contribution in [0.2, 0.25) is 0 Å². The van der Waals surface area contributed by atoms with Crippen LogP contribution in [0.15, 0.2) is 52.9 Å². The van der Waals surface area contributed by atoms with Gasteiger partial charge in [-0.3, -0.25) is 0 Å². The summed E-state index contributed by atoms with van der Waals surface area (Å²) in [5.41, 5.74) is 8.15. The molecule has 0 saturated heterocycles. The Labute approximate surface area is 171 Å². The van der Waals surface area contributed by atoms with Gasteiger partial charge in [0.2, 0.25) is 0 Å². The van der Waals surface area contributed by atoms with E-state index >= 15 is 0 Å². The minimum Gasteiger partial charge on any atom is -0.466 e. The summed E-state index contributed by atoms with van der Waals surface area (Å²) in [6.07, 6.45) is 0. The number of nitrogens with two attached hydrogens (primary N) is 1. The van der Waals surface area contributed by atoms with Gasteiger partial charge in [0.1, 0.15) is 0 Å². The van der Waals surface area contributed by atoms with Crippen LogP contribution in [-0.2, 0) is 23.8 Å². The number of nitrogens with one attached hydrogen (secondary N) is 1. The van der Waals surface area contributed by atoms with Crippen LogP contribution in [0.25, 0.3) is 0 Å². The van der Waals surface area contributed by atoms with Crippen molar-refractivity contribution in [2.75, 3.05) is 33.5 Å². The average Bonchev–Trinajstić information content (AvgIpc) is 2.68. The van der Waals surface area contributed by atoms with E-state index in [2.05, 4.69) is 5.32 Å². The maximum atomic E-state index is 12.8. The molecule has 1 unspecified atom stereocenters. The summed E-state index contributed by atoms with van der Waals surface area (Å²) in [7, 11) is 1.32. The van der Waals surface area contributed by atoms with Crippen LogP contribution in [-0.4, -0.2) is 45.4 Å². The van der Waals surface area contributed by atoms with E-state index in [1.54, 1.807) is 13.8 Å². The second kappa shape index (κ2) is 11.5. The van der Waals surface area contributed by atoms with Gasteiger partial charge in [0.05, 0.1) is 49.7 Å². The van der Waals surface area contributed by atoms with Crippen LogP contribution in [0.1, 0.15) is 25.3 Å². The molecule has 0 amide bonds. The lowest BCUT2D eigenvalue weighted by Gasteiger charge is -2.31. The van der Waals surface area contributed by atoms with Crippen LogP contribution in [0.4, 0.5) is 0 Å². The summed E-state index contributed by atoms with van der Waals surface area (Å²) in [5.74, 6) is -1.62. The van der Waals surface area contributed by atoms with Crippen molar-refractivity contribution in [3.05, 3.63) is 58.4 Å². The molecule has 1 atom stereocenters. The molecule has 154 valence electrons. The first-order valence-corrected chi connectivity index (χ1v) is 8.84. The molecule has 8 heteroatoms. The van der Waals surface area contributed by atoms with Crippen molar-refractivity contribution in [3.63, 3.8) is 0 Å². The summed E-state index contributed by atoms with van der Waals surface area (Å²) >= 11 is 0. The Kier molecular flexibility index (Phi) is 9.72. The number of halogens is 1. The molecule has 2 rings (SSSR count). The molecule has 1 aromatic rings. The van der Waals surface area contributed by atoms with Crippen LogP contribution in [0.3, 0.4) is 0 Å². The van der Waals surface area contributed by atoms with E-state index in [9.17, 15) is 9.59 Å². The number of rotatable bonds is 8. The molecule has 3 N–H and O–H groups in total. The minimum absolute atomic E-state index is 0. The second-order valence-corrected chi connectivity index (χ2v) is 5.95. The maximum Gasteiger partial charge on any atom is 0.336 e. The number of methoxy groups -OCH3 is 1. The first-order chi connectivity index (χ1) is 13.0. The van der Waals surface area contributed by atoms with Gasteiger partial charge in [-0.15, -0.1) is 12.4 Å². The van der Waals surface area contributed by atoms with Crippen LogP contribution in [0.5, 0.6) is 0 Å². The Hall–Kier alpha value is -2.35. The molecule has 28 heavy (non-hydrogen) atoms. The Morgan fingerprint density at radius 2 is 1.82 bits per heavy atom. The van der Waals surface area contributed by atoms with Crippen LogP contribution < -0.4 is 11.1 Å². The third kappa shape index (κ3) is 5.34. The standard InChI is InChI=1S/C20H26N2O5.ClH/c1-4-27-20(24)18-15(12-26-11-10-21)22-13(2)16(19(23)25-3)17(18)14-8-6-5-7-9-14;/h5-9,17,22H,4,10-12,21H2,1-3H3;1H. The van der Waals surface area contributed by atoms with Crippen molar-refractivity contribution < 1.29 is 23.8 Å². The number of benzene rings is 1. The van der Waals surface area contributed by atoms with Gasteiger partial charge in [-0.1, -0.05) is 30.3 Å². The van der Waals surface area contributed by atoms with E-state index in [4.69, 9.17) is 19.9 Å². The van der Waals surface area contributed by atoms with E-state index < -0.39 is 17.9 Å². The van der Waals surface area contributed by atoms with Gasteiger partial charge in [0.15, 0.2) is 0 Å². The van der Waals surface area contributed by atoms with E-state index in [1.807, 2.05) is 30.3 Å². The lowest BCUT2D eigenvalue weighted by molar-refractivity contribution is -0.139. The first kappa shape index (κ1) is 23.7. The SMILES string of the molecule is CCOC(=O)C1=C(COCCN)NC(C)=C(C(=O)OC)C1c1ccccc1.Cl. The lowest BCUT2D eigenvalue weighted by atomic mass is 9.80. The van der Waals surface area contributed by atoms with Crippen molar-refractivity contribution in [2.45, 2.75) is 19.8 Å². The molecule has 0 aliphatic carbocycles. The summed E-state index contributed by atoms with van der Waals surface area (Å²) in [6, 6.07) is 9.31. The third-order valence-corrected chi connectivity index (χ3v) is 4.19. The second-order valence-electron chi connectivity index (χ2n) is 5.95. The fourth-order valence-corrected chi connectivity index (χ4v) is 3.08. The molecule has 1 heterocycles. The molecular weight excluding hydrogens is 384 g/mol. The highest BCUT2D eigenvalue weighted by Crippen LogP contribution is 2.39. The number of carbonyl (C=O) groups is 2. The summed E-state index contributed by atoms with van der Waals surface area (Å²) in [6.45, 7) is 4.60. The molecule has 0 bridgehead atoms. The fourth-order valence-electron chi connectivity index (χ4n) is 3.08. The number of ether oxygens (including phenoxy) is 3. The maximum absolute atomic E-state index is 12.8. The predicted molar refractivity (Wildman–Crippen MR) is 108 cm³/mol. The van der Waals surface area contributed by atoms with Crippen LogP contribution in [0, 0.1) is 0 Å². The van der Waals surface area contributed by atoms with Crippen molar-refractivity contribution in [3.8, 4) is 0 Å². The lowest BCUT2D eigenvalue weighted by Crippen LogP contribution is -2.35. The molecule has 0 radical (unpaired) electrons. The van der Waals surface area contributed by atoms with Crippen molar-refractivity contribution in [1.82, 2.24) is 5.32 Å². The fraction of sp³-hybridized carbons (Fsp3) is 0.400. The Balaban J connectivity index is 0.00000392. The highest BCUT2D eigenvalue weighted by atomic mass is 35.5. The smallest absolute Gasteiger partial charge is 0.336 e. The molecule has 1 aromatic carbocycles. The summed E-state index contributed by atoms with van der Waals surface area (Å²) in [5, 5.41) is 3.12. The van der Waals surface area contributed by atoms with Crippen molar-refractivity contribution in [2.24, 2.45) is 5.73 Å². The molecule has 7 nitrogen and oxygen atoms in total. The zero-order valence-corrected chi connectivity index (χ0v) is 17.1. The number of hydrogen-bond donors (Lipinski definition) is 2. The molecule has 1 aliphatic rings. The molecule has 1 aliphatic heterocycles. The third-order valence-electron chi connectivity index (χ3n) is 4.19. The van der Waals surface area contributed by atoms with E-state index in [0.29, 0.717) is 35.7 Å². The number of dihydropyridines is 1. The van der Waals surface area contributed by atoms with E-state index in [1.165, 1.54) is 7.11 Å². The highest BCUT2D eigenvalue weighted by molar-refractivity contribution is 5.99. The van der Waals surface area contributed by atoms with Gasteiger partial charge in [0, 0.05) is 12.2 Å². The first-order valence-electron chi connectivity index (χ1n) is 8.84. The molecular formula is C20H27ClN2O5. The largest absolute Gasteiger partial charge is 0.466 e. The number of esters is 2. The minimum atomic E-state index is -0.615. The number of allylic oxidation sites excluding steroid dienone is 1. The Bertz CT molecular complexity index is 746. The van der Waals surface area contributed by atoms with E-state index in [0.717, 1.165) is 5.56 Å². The topological polar surface area (TPSA) is 99.9 Å². The Morgan fingerprint density at radius 1 is 1.14 bits per heavy atom. The molecule has 0 spiro atoms. The zero-order chi connectivity index (χ0) is 19.8. The van der Waals surface area contributed by atoms with Gasteiger partial charge in [-0.25, -0.2) is 9.59 Å². The van der Waals surface area contributed by atoms with Gasteiger partial charge < -0.3 is 25.3 Å². The van der Waals surface area contributed by atoms with Crippen molar-refractivity contribution in [1.29, 1.82) is 0 Å². The molecule has 0 aromatic heterocycles. The van der Waals surface area contributed by atoms with E-state index in [-0.39, 0.29) is 25.6 Å². The van der Waals surface area contributed by atoms with Gasteiger partial charge >= 0.3 is 11.9 Å². The highest BCUT2D eigenvalue weighted by Gasteiger charge is 2.38. The number of hydrogen-bond acceptors (Lipinski definition) is 7. The zero-order valence-electron chi connectivity index (χ0n) is 16.3. The summed E-state index contributed by atoms with van der Waals surface area (Å²) < 4.78 is 15.8. The molecule has 0 saturated carbocycles. The van der Waals surface area contributed by atoms with Crippen molar-refractivity contribution >= 4 is 24.3 Å². The monoisotopic (exact) mass is 410 g/mol. The summed E-state index contributed by atoms with van der Waals surface area (Å²) in [4.78, 5) is 25.3. The normalized spacial score (nSPS) is 16.2. The average molecular weight is 411 g/mol. The van der Waals surface area contributed by atoms with Gasteiger partial charge in [0.25, 0.3) is 0 Å². The van der Waals surface area contributed by atoms with Gasteiger partial charge in [-0.2, -0.15) is 0 Å². The molecule has 0 fully saturated rings. The number of carbonyl (C=O) groups excluding carboxylic acids is 2. The van der Waals surface area contributed by atoms with Crippen LogP contribution >= 0.6 is 12.4 Å².